The Morgan fingerprint density at radius 1 is 1.35 bits per heavy atom. The van der Waals surface area contributed by atoms with Crippen molar-refractivity contribution in [2.45, 2.75) is 12.8 Å². The van der Waals surface area contributed by atoms with E-state index in [9.17, 15) is 0 Å². The summed E-state index contributed by atoms with van der Waals surface area (Å²) in [5.74, 6) is 0. The van der Waals surface area contributed by atoms with E-state index in [2.05, 4.69) is 20.5 Å². The molecule has 1 aromatic rings. The summed E-state index contributed by atoms with van der Waals surface area (Å²) in [7, 11) is 0. The van der Waals surface area contributed by atoms with Crippen molar-refractivity contribution in [2.75, 3.05) is 45.8 Å². The van der Waals surface area contributed by atoms with Crippen LogP contribution in [0.25, 0.3) is 0 Å². The van der Waals surface area contributed by atoms with E-state index >= 15 is 0 Å². The highest BCUT2D eigenvalue weighted by molar-refractivity contribution is 7.09. The molecule has 1 saturated heterocycles. The predicted octanol–water partition coefficient (Wildman–Crippen LogP) is 0.570. The van der Waals surface area contributed by atoms with E-state index in [0.29, 0.717) is 0 Å². The number of hydrogen-bond donors (Lipinski definition) is 2. The maximum Gasteiger partial charge on any atom is 0.0937 e. The first-order valence-corrected chi connectivity index (χ1v) is 7.35. The van der Waals surface area contributed by atoms with Crippen LogP contribution in [0.3, 0.4) is 0 Å². The molecule has 0 aromatic carbocycles. The molecule has 1 aliphatic heterocycles. The normalized spacial score (nSPS) is 18.1. The molecule has 1 aliphatic rings. The van der Waals surface area contributed by atoms with Gasteiger partial charge in [0, 0.05) is 50.7 Å². The second-order valence-electron chi connectivity index (χ2n) is 4.37. The molecule has 0 spiro atoms. The second kappa shape index (κ2) is 7.76. The first-order valence-electron chi connectivity index (χ1n) is 6.47. The molecule has 0 unspecified atom stereocenters. The Hall–Kier alpha value is -0.490. The summed E-state index contributed by atoms with van der Waals surface area (Å²) in [6.45, 7) is 8.03. The number of nitrogens with one attached hydrogen (secondary N) is 2. The van der Waals surface area contributed by atoms with Crippen LogP contribution in [0.5, 0.6) is 0 Å². The molecule has 4 nitrogen and oxygen atoms in total. The van der Waals surface area contributed by atoms with Gasteiger partial charge in [0.1, 0.15) is 0 Å². The van der Waals surface area contributed by atoms with Gasteiger partial charge in [-0.25, -0.2) is 4.98 Å². The number of nitrogens with zero attached hydrogens (tertiary/aromatic N) is 2. The third-order valence-electron chi connectivity index (χ3n) is 3.04. The summed E-state index contributed by atoms with van der Waals surface area (Å²) < 4.78 is 0. The summed E-state index contributed by atoms with van der Waals surface area (Å²) in [6.07, 6.45) is 4.21. The molecule has 96 valence electrons. The Labute approximate surface area is 107 Å². The Morgan fingerprint density at radius 3 is 3.24 bits per heavy atom. The van der Waals surface area contributed by atoms with Crippen molar-refractivity contribution < 1.29 is 0 Å². The van der Waals surface area contributed by atoms with E-state index in [1.807, 2.05) is 11.6 Å². The smallest absolute Gasteiger partial charge is 0.0937 e. The molecule has 1 fully saturated rings. The topological polar surface area (TPSA) is 40.2 Å². The second-order valence-corrected chi connectivity index (χ2v) is 5.35. The lowest BCUT2D eigenvalue weighted by molar-refractivity contribution is 0.292. The summed E-state index contributed by atoms with van der Waals surface area (Å²) in [6, 6.07) is 0. The molecular formula is C12H22N4S. The van der Waals surface area contributed by atoms with Crippen LogP contribution in [0.2, 0.25) is 0 Å². The highest BCUT2D eigenvalue weighted by Gasteiger charge is 2.07. The molecular weight excluding hydrogens is 232 g/mol. The van der Waals surface area contributed by atoms with Crippen LogP contribution >= 0.6 is 11.3 Å². The average molecular weight is 254 g/mol. The SMILES string of the molecule is c1csc(CCNCCN2CCCNCC2)n1. The van der Waals surface area contributed by atoms with Crippen LogP contribution in [0.15, 0.2) is 11.6 Å². The van der Waals surface area contributed by atoms with E-state index in [1.165, 1.54) is 37.6 Å². The fourth-order valence-corrected chi connectivity index (χ4v) is 2.68. The minimum absolute atomic E-state index is 1.04. The van der Waals surface area contributed by atoms with Crippen molar-refractivity contribution in [3.05, 3.63) is 16.6 Å². The standard InChI is InChI=1S/C12H22N4S/c1-3-13-5-9-16(8-1)10-6-14-4-2-12-15-7-11-17-12/h7,11,13-14H,1-6,8-10H2. The van der Waals surface area contributed by atoms with Gasteiger partial charge in [0.05, 0.1) is 5.01 Å². The fraction of sp³-hybridized carbons (Fsp3) is 0.750. The van der Waals surface area contributed by atoms with Gasteiger partial charge < -0.3 is 15.5 Å². The van der Waals surface area contributed by atoms with Crippen LogP contribution < -0.4 is 10.6 Å². The van der Waals surface area contributed by atoms with Crippen molar-refractivity contribution in [1.29, 1.82) is 0 Å². The zero-order valence-electron chi connectivity index (χ0n) is 10.3. The lowest BCUT2D eigenvalue weighted by Gasteiger charge is -2.19. The maximum absolute atomic E-state index is 4.28. The van der Waals surface area contributed by atoms with Gasteiger partial charge in [-0.2, -0.15) is 0 Å². The summed E-state index contributed by atoms with van der Waals surface area (Å²) in [5.41, 5.74) is 0. The highest BCUT2D eigenvalue weighted by atomic mass is 32.1. The molecule has 5 heteroatoms. The van der Waals surface area contributed by atoms with Crippen LogP contribution in [0.1, 0.15) is 11.4 Å². The van der Waals surface area contributed by atoms with E-state index in [1.54, 1.807) is 11.3 Å². The van der Waals surface area contributed by atoms with Crippen molar-refractivity contribution >= 4 is 11.3 Å². The minimum Gasteiger partial charge on any atom is -0.315 e. The molecule has 2 rings (SSSR count). The monoisotopic (exact) mass is 254 g/mol. The van der Waals surface area contributed by atoms with Crippen LogP contribution in [-0.2, 0) is 6.42 Å². The quantitative estimate of drug-likeness (QED) is 0.728. The summed E-state index contributed by atoms with van der Waals surface area (Å²) in [4.78, 5) is 6.81. The van der Waals surface area contributed by atoms with Gasteiger partial charge in [0.25, 0.3) is 0 Å². The largest absolute Gasteiger partial charge is 0.315 e. The van der Waals surface area contributed by atoms with Gasteiger partial charge in [0.15, 0.2) is 0 Å². The molecule has 0 aliphatic carbocycles. The van der Waals surface area contributed by atoms with Gasteiger partial charge in [-0.15, -0.1) is 11.3 Å². The van der Waals surface area contributed by atoms with Crippen LogP contribution in [0.4, 0.5) is 0 Å². The highest BCUT2D eigenvalue weighted by Crippen LogP contribution is 2.03. The molecule has 2 heterocycles. The molecule has 0 bridgehead atoms. The molecule has 2 N–H and O–H groups in total. The van der Waals surface area contributed by atoms with Gasteiger partial charge in [-0.3, -0.25) is 0 Å². The van der Waals surface area contributed by atoms with Crippen molar-refractivity contribution in [3.63, 3.8) is 0 Å². The zero-order valence-corrected chi connectivity index (χ0v) is 11.1. The fourth-order valence-electron chi connectivity index (χ4n) is 2.06. The number of rotatable bonds is 6. The Bertz CT molecular complexity index is 281. The van der Waals surface area contributed by atoms with E-state index in [-0.39, 0.29) is 0 Å². The number of hydrogen-bond acceptors (Lipinski definition) is 5. The van der Waals surface area contributed by atoms with Crippen molar-refractivity contribution in [2.24, 2.45) is 0 Å². The predicted molar refractivity (Wildman–Crippen MR) is 72.6 cm³/mol. The number of thiazole rings is 1. The van der Waals surface area contributed by atoms with Crippen molar-refractivity contribution in [1.82, 2.24) is 20.5 Å². The average Bonchev–Trinajstić information content (AvgIpc) is 2.72. The van der Waals surface area contributed by atoms with Crippen molar-refractivity contribution in [3.8, 4) is 0 Å². The van der Waals surface area contributed by atoms with E-state index < -0.39 is 0 Å². The minimum atomic E-state index is 1.04. The number of aromatic nitrogens is 1. The molecule has 17 heavy (non-hydrogen) atoms. The van der Waals surface area contributed by atoms with E-state index in [0.717, 1.165) is 26.1 Å². The molecule has 1 aromatic heterocycles. The van der Waals surface area contributed by atoms with Crippen LogP contribution in [0, 0.1) is 0 Å². The molecule has 0 radical (unpaired) electrons. The third-order valence-corrected chi connectivity index (χ3v) is 3.88. The van der Waals surface area contributed by atoms with Gasteiger partial charge in [0.2, 0.25) is 0 Å². The molecule has 0 amide bonds. The third kappa shape index (κ3) is 5.12. The van der Waals surface area contributed by atoms with Crippen LogP contribution in [-0.4, -0.2) is 55.7 Å². The Kier molecular flexibility index (Phi) is 5.92. The molecule has 0 saturated carbocycles. The zero-order chi connectivity index (χ0) is 11.8. The summed E-state index contributed by atoms with van der Waals surface area (Å²) in [5, 5.41) is 10.2. The Balaban J connectivity index is 1.50. The lowest BCUT2D eigenvalue weighted by Crippen LogP contribution is -2.35. The molecule has 0 atom stereocenters. The first-order chi connectivity index (χ1) is 8.45. The Morgan fingerprint density at radius 2 is 2.35 bits per heavy atom. The summed E-state index contributed by atoms with van der Waals surface area (Å²) >= 11 is 1.74. The van der Waals surface area contributed by atoms with Gasteiger partial charge in [-0.05, 0) is 19.5 Å². The first kappa shape index (κ1) is 13.0. The van der Waals surface area contributed by atoms with Gasteiger partial charge in [-0.1, -0.05) is 0 Å². The maximum atomic E-state index is 4.28. The van der Waals surface area contributed by atoms with E-state index in [4.69, 9.17) is 0 Å². The van der Waals surface area contributed by atoms with Gasteiger partial charge >= 0.3 is 0 Å². The lowest BCUT2D eigenvalue weighted by atomic mass is 10.4.